The molecule has 2 aliphatic rings. The van der Waals surface area contributed by atoms with Crippen molar-refractivity contribution in [1.82, 2.24) is 4.90 Å². The van der Waals surface area contributed by atoms with Crippen molar-refractivity contribution in [2.75, 3.05) is 18.4 Å². The van der Waals surface area contributed by atoms with Gasteiger partial charge in [0, 0.05) is 24.5 Å². The zero-order valence-electron chi connectivity index (χ0n) is 9.21. The van der Waals surface area contributed by atoms with E-state index in [0.29, 0.717) is 0 Å². The molecule has 1 atom stereocenters. The molecule has 1 nitrogen and oxygen atoms in total. The van der Waals surface area contributed by atoms with Gasteiger partial charge in [0.15, 0.2) is 0 Å². The molecule has 2 fully saturated rings. The molecule has 0 saturated heterocycles. The van der Waals surface area contributed by atoms with Crippen molar-refractivity contribution in [2.45, 2.75) is 45.1 Å². The summed E-state index contributed by atoms with van der Waals surface area (Å²) >= 11 is 3.63. The van der Waals surface area contributed by atoms with E-state index in [2.05, 4.69) is 27.8 Å². The van der Waals surface area contributed by atoms with Crippen LogP contribution in [-0.4, -0.2) is 29.4 Å². The third kappa shape index (κ3) is 3.23. The van der Waals surface area contributed by atoms with Gasteiger partial charge >= 0.3 is 0 Å². The highest BCUT2D eigenvalue weighted by atomic mass is 79.9. The van der Waals surface area contributed by atoms with Gasteiger partial charge in [-0.15, -0.1) is 0 Å². The summed E-state index contributed by atoms with van der Waals surface area (Å²) in [7, 11) is 0. The van der Waals surface area contributed by atoms with Crippen LogP contribution in [0, 0.1) is 11.8 Å². The van der Waals surface area contributed by atoms with Crippen LogP contribution >= 0.6 is 15.9 Å². The predicted molar refractivity (Wildman–Crippen MR) is 64.9 cm³/mol. The highest BCUT2D eigenvalue weighted by Crippen LogP contribution is 2.35. The highest BCUT2D eigenvalue weighted by Gasteiger charge is 2.34. The van der Waals surface area contributed by atoms with E-state index in [9.17, 15) is 0 Å². The van der Waals surface area contributed by atoms with Gasteiger partial charge in [-0.05, 0) is 37.5 Å². The zero-order valence-corrected chi connectivity index (χ0v) is 10.8. The molecule has 0 bridgehead atoms. The minimum atomic E-state index is 0.870. The van der Waals surface area contributed by atoms with Gasteiger partial charge in [0.2, 0.25) is 0 Å². The molecule has 0 aromatic rings. The fourth-order valence-electron chi connectivity index (χ4n) is 2.06. The number of hydrogen-bond donors (Lipinski definition) is 0. The molecular weight excluding hydrogens is 238 g/mol. The average Bonchev–Trinajstić information content (AvgIpc) is 3.03. The Bertz CT molecular complexity index is 171. The summed E-state index contributed by atoms with van der Waals surface area (Å²) in [6.07, 6.45) is 7.23. The van der Waals surface area contributed by atoms with E-state index in [-0.39, 0.29) is 0 Å². The van der Waals surface area contributed by atoms with E-state index in [1.54, 1.807) is 0 Å². The Morgan fingerprint density at radius 1 is 1.29 bits per heavy atom. The summed E-state index contributed by atoms with van der Waals surface area (Å²) in [5.41, 5.74) is 0. The van der Waals surface area contributed by atoms with E-state index < -0.39 is 0 Å². The van der Waals surface area contributed by atoms with E-state index >= 15 is 0 Å². The topological polar surface area (TPSA) is 3.24 Å². The van der Waals surface area contributed by atoms with Gasteiger partial charge < -0.3 is 0 Å². The first-order valence-corrected chi connectivity index (χ1v) is 7.25. The molecule has 0 heterocycles. The molecule has 0 N–H and O–H groups in total. The van der Waals surface area contributed by atoms with Gasteiger partial charge in [-0.2, -0.15) is 0 Å². The fourth-order valence-corrected chi connectivity index (χ4v) is 2.73. The zero-order chi connectivity index (χ0) is 9.97. The first-order valence-electron chi connectivity index (χ1n) is 6.13. The lowest BCUT2D eigenvalue weighted by atomic mass is 10.1. The third-order valence-corrected chi connectivity index (χ3v) is 4.46. The molecule has 0 aromatic heterocycles. The van der Waals surface area contributed by atoms with Gasteiger partial charge in [0.25, 0.3) is 0 Å². The summed E-state index contributed by atoms with van der Waals surface area (Å²) in [5, 5.41) is 1.18. The minimum Gasteiger partial charge on any atom is -0.300 e. The number of alkyl halides is 1. The average molecular weight is 260 g/mol. The lowest BCUT2D eigenvalue weighted by molar-refractivity contribution is 0.219. The Labute approximate surface area is 96.4 Å². The lowest BCUT2D eigenvalue weighted by Crippen LogP contribution is -2.33. The van der Waals surface area contributed by atoms with Crippen LogP contribution < -0.4 is 0 Å². The van der Waals surface area contributed by atoms with Crippen molar-refractivity contribution in [2.24, 2.45) is 11.8 Å². The van der Waals surface area contributed by atoms with E-state index in [4.69, 9.17) is 0 Å². The van der Waals surface area contributed by atoms with Crippen LogP contribution in [0.2, 0.25) is 0 Å². The molecule has 2 saturated carbocycles. The summed E-state index contributed by atoms with van der Waals surface area (Å²) in [6, 6.07) is 0.962. The second kappa shape index (κ2) is 4.98. The molecule has 0 radical (unpaired) electrons. The molecule has 0 amide bonds. The van der Waals surface area contributed by atoms with Crippen molar-refractivity contribution in [3.63, 3.8) is 0 Å². The molecular formula is C12H22BrN. The Hall–Kier alpha value is 0.440. The van der Waals surface area contributed by atoms with Gasteiger partial charge in [-0.3, -0.25) is 4.90 Å². The number of rotatable bonds is 7. The normalized spacial score (nSPS) is 24.2. The largest absolute Gasteiger partial charge is 0.300 e. The maximum atomic E-state index is 3.63. The molecule has 0 aromatic carbocycles. The molecule has 1 unspecified atom stereocenters. The quantitative estimate of drug-likeness (QED) is 0.635. The van der Waals surface area contributed by atoms with Crippen molar-refractivity contribution in [3.05, 3.63) is 0 Å². The Kier molecular flexibility index (Phi) is 3.89. The minimum absolute atomic E-state index is 0.870. The molecule has 0 spiro atoms. The summed E-state index contributed by atoms with van der Waals surface area (Å²) in [4.78, 5) is 2.77. The fraction of sp³-hybridized carbons (Fsp3) is 1.00. The second-order valence-corrected chi connectivity index (χ2v) is 5.70. The van der Waals surface area contributed by atoms with Crippen molar-refractivity contribution in [1.29, 1.82) is 0 Å². The predicted octanol–water partition coefficient (Wildman–Crippen LogP) is 3.28. The number of halogens is 1. The molecule has 2 heteroatoms. The molecule has 14 heavy (non-hydrogen) atoms. The van der Waals surface area contributed by atoms with E-state index in [1.807, 2.05) is 0 Å². The van der Waals surface area contributed by atoms with Crippen LogP contribution in [0.1, 0.15) is 39.0 Å². The monoisotopic (exact) mass is 259 g/mol. The third-order valence-electron chi connectivity index (χ3n) is 3.54. The standard InChI is InChI=1S/C12H22BrN/c1-2-10(7-13)8-14(12-5-6-12)9-11-3-4-11/h10-12H,2-9H2,1H3. The number of nitrogens with zero attached hydrogens (tertiary/aromatic N) is 1. The van der Waals surface area contributed by atoms with Crippen molar-refractivity contribution in [3.8, 4) is 0 Å². The van der Waals surface area contributed by atoms with Crippen LogP contribution in [0.4, 0.5) is 0 Å². The van der Waals surface area contributed by atoms with E-state index in [0.717, 1.165) is 17.9 Å². The van der Waals surface area contributed by atoms with Gasteiger partial charge in [0.1, 0.15) is 0 Å². The highest BCUT2D eigenvalue weighted by molar-refractivity contribution is 9.09. The summed E-state index contributed by atoms with van der Waals surface area (Å²) in [6.45, 7) is 5.05. The van der Waals surface area contributed by atoms with Crippen LogP contribution in [0.15, 0.2) is 0 Å². The van der Waals surface area contributed by atoms with Crippen LogP contribution in [0.5, 0.6) is 0 Å². The van der Waals surface area contributed by atoms with Crippen LogP contribution in [0.3, 0.4) is 0 Å². The molecule has 0 aliphatic heterocycles. The maximum absolute atomic E-state index is 3.63. The van der Waals surface area contributed by atoms with Gasteiger partial charge in [-0.1, -0.05) is 29.3 Å². The molecule has 82 valence electrons. The van der Waals surface area contributed by atoms with Gasteiger partial charge in [-0.25, -0.2) is 0 Å². The molecule has 2 rings (SSSR count). The summed E-state index contributed by atoms with van der Waals surface area (Å²) < 4.78 is 0. The Morgan fingerprint density at radius 3 is 2.43 bits per heavy atom. The van der Waals surface area contributed by atoms with Crippen molar-refractivity contribution < 1.29 is 0 Å². The Balaban J connectivity index is 1.76. The summed E-state index contributed by atoms with van der Waals surface area (Å²) in [5.74, 6) is 1.93. The maximum Gasteiger partial charge on any atom is 0.00966 e. The van der Waals surface area contributed by atoms with E-state index in [1.165, 1.54) is 50.5 Å². The molecule has 2 aliphatic carbocycles. The van der Waals surface area contributed by atoms with Crippen LogP contribution in [0.25, 0.3) is 0 Å². The number of hydrogen-bond acceptors (Lipinski definition) is 1. The first-order chi connectivity index (χ1) is 6.83. The SMILES string of the molecule is CCC(CBr)CN(CC1CC1)C1CC1. The lowest BCUT2D eigenvalue weighted by Gasteiger charge is -2.26. The first kappa shape index (κ1) is 10.9. The smallest absolute Gasteiger partial charge is 0.00966 e. The van der Waals surface area contributed by atoms with Crippen LogP contribution in [-0.2, 0) is 0 Å². The van der Waals surface area contributed by atoms with Gasteiger partial charge in [0.05, 0.1) is 0 Å². The Morgan fingerprint density at radius 2 is 2.00 bits per heavy atom. The second-order valence-electron chi connectivity index (χ2n) is 5.06. The van der Waals surface area contributed by atoms with Crippen molar-refractivity contribution >= 4 is 15.9 Å².